The van der Waals surface area contributed by atoms with Crippen LogP contribution < -0.4 is 5.56 Å². The minimum atomic E-state index is -0.454. The highest BCUT2D eigenvalue weighted by Crippen LogP contribution is 2.33. The Morgan fingerprint density at radius 3 is 2.74 bits per heavy atom. The Labute approximate surface area is 179 Å². The monoisotopic (exact) mass is 424 g/mol. The van der Waals surface area contributed by atoms with Gasteiger partial charge in [-0.1, -0.05) is 6.07 Å². The molecule has 1 N–H and O–H groups in total. The van der Waals surface area contributed by atoms with Gasteiger partial charge in [0, 0.05) is 31.0 Å². The van der Waals surface area contributed by atoms with E-state index >= 15 is 0 Å². The molecule has 5 rings (SSSR count). The van der Waals surface area contributed by atoms with Crippen molar-refractivity contribution in [3.05, 3.63) is 63.1 Å². The lowest BCUT2D eigenvalue weighted by Gasteiger charge is -2.36. The van der Waals surface area contributed by atoms with Crippen LogP contribution in [0, 0.1) is 11.7 Å². The van der Waals surface area contributed by atoms with Gasteiger partial charge in [0.05, 0.1) is 23.8 Å². The molecule has 1 saturated heterocycles. The summed E-state index contributed by atoms with van der Waals surface area (Å²) in [5, 5.41) is 0. The van der Waals surface area contributed by atoms with E-state index in [1.807, 2.05) is 0 Å². The Bertz CT molecular complexity index is 1090. The van der Waals surface area contributed by atoms with E-state index in [1.165, 1.54) is 18.2 Å². The molecule has 2 aliphatic heterocycles. The summed E-state index contributed by atoms with van der Waals surface area (Å²) in [4.78, 5) is 49.4. The molecule has 3 aliphatic rings. The molecular weight excluding hydrogens is 399 g/mol. The third-order valence-electron chi connectivity index (χ3n) is 6.48. The molecule has 2 aromatic rings. The molecule has 8 heteroatoms. The van der Waals surface area contributed by atoms with Crippen molar-refractivity contribution in [2.45, 2.75) is 51.1 Å². The van der Waals surface area contributed by atoms with Crippen molar-refractivity contribution >= 4 is 11.8 Å². The minimum Gasteiger partial charge on any atom is -0.337 e. The lowest BCUT2D eigenvalue weighted by atomic mass is 9.99. The standard InChI is InChI=1S/C23H25FN4O3/c24-16-5-3-4-15(12-16)23(31)28-10-2-1-6-19(28)20-25-18-9-11-27(22(30)14-7-8-14)13-17(18)21(29)26-20/h3-5,12,14,19H,1-2,6-11,13H2,(H,25,26,29)/t19-/m1/s1. The molecule has 3 heterocycles. The van der Waals surface area contributed by atoms with E-state index in [0.717, 1.165) is 25.7 Å². The molecule has 0 bridgehead atoms. The highest BCUT2D eigenvalue weighted by molar-refractivity contribution is 5.94. The number of nitrogens with one attached hydrogen (secondary N) is 1. The van der Waals surface area contributed by atoms with Crippen molar-refractivity contribution in [1.29, 1.82) is 0 Å². The number of piperidine rings is 1. The molecule has 1 aromatic carbocycles. The molecule has 31 heavy (non-hydrogen) atoms. The molecule has 7 nitrogen and oxygen atoms in total. The van der Waals surface area contributed by atoms with E-state index in [9.17, 15) is 18.8 Å². The molecule has 1 aliphatic carbocycles. The second kappa shape index (κ2) is 7.90. The predicted octanol–water partition coefficient (Wildman–Crippen LogP) is 2.57. The maximum atomic E-state index is 13.6. The molecule has 0 unspecified atom stereocenters. The summed E-state index contributed by atoms with van der Waals surface area (Å²) < 4.78 is 13.6. The molecular formula is C23H25FN4O3. The Morgan fingerprint density at radius 2 is 1.97 bits per heavy atom. The summed E-state index contributed by atoms with van der Waals surface area (Å²) in [7, 11) is 0. The van der Waals surface area contributed by atoms with Gasteiger partial charge in [-0.05, 0) is 50.3 Å². The lowest BCUT2D eigenvalue weighted by molar-refractivity contribution is -0.133. The fraction of sp³-hybridized carbons (Fsp3) is 0.478. The summed E-state index contributed by atoms with van der Waals surface area (Å²) in [6.45, 7) is 1.39. The number of aromatic amines is 1. The van der Waals surface area contributed by atoms with Crippen LogP contribution in [0.25, 0.3) is 0 Å². The number of carbonyl (C=O) groups is 2. The van der Waals surface area contributed by atoms with Crippen molar-refractivity contribution in [2.24, 2.45) is 5.92 Å². The first kappa shape index (κ1) is 19.9. The van der Waals surface area contributed by atoms with Crippen molar-refractivity contribution in [2.75, 3.05) is 13.1 Å². The van der Waals surface area contributed by atoms with Gasteiger partial charge in [0.15, 0.2) is 0 Å². The molecule has 0 spiro atoms. The van der Waals surface area contributed by atoms with E-state index in [4.69, 9.17) is 4.98 Å². The molecule has 1 aromatic heterocycles. The first-order chi connectivity index (χ1) is 15.0. The molecule has 1 atom stereocenters. The molecule has 1 saturated carbocycles. The number of benzene rings is 1. The maximum Gasteiger partial charge on any atom is 0.256 e. The van der Waals surface area contributed by atoms with Crippen LogP contribution in [-0.2, 0) is 17.8 Å². The summed E-state index contributed by atoms with van der Waals surface area (Å²) in [6, 6.07) is 5.32. The molecule has 2 fully saturated rings. The number of likely N-dealkylation sites (tertiary alicyclic amines) is 1. The summed E-state index contributed by atoms with van der Waals surface area (Å²) in [5.41, 5.74) is 1.31. The number of aromatic nitrogens is 2. The second-order valence-electron chi connectivity index (χ2n) is 8.68. The van der Waals surface area contributed by atoms with Gasteiger partial charge in [0.1, 0.15) is 11.6 Å². The van der Waals surface area contributed by atoms with E-state index in [2.05, 4.69) is 4.98 Å². The van der Waals surface area contributed by atoms with Crippen molar-refractivity contribution in [1.82, 2.24) is 19.8 Å². The fourth-order valence-corrected chi connectivity index (χ4v) is 4.62. The molecule has 2 amide bonds. The quantitative estimate of drug-likeness (QED) is 0.821. The largest absolute Gasteiger partial charge is 0.337 e. The number of amides is 2. The zero-order valence-electron chi connectivity index (χ0n) is 17.3. The number of halogens is 1. The van der Waals surface area contributed by atoms with Crippen LogP contribution >= 0.6 is 0 Å². The number of rotatable bonds is 3. The van der Waals surface area contributed by atoms with Crippen molar-refractivity contribution < 1.29 is 14.0 Å². The van der Waals surface area contributed by atoms with Crippen LogP contribution in [0.5, 0.6) is 0 Å². The van der Waals surface area contributed by atoms with Gasteiger partial charge in [-0.3, -0.25) is 14.4 Å². The topological polar surface area (TPSA) is 86.4 Å². The van der Waals surface area contributed by atoms with Gasteiger partial charge < -0.3 is 14.8 Å². The number of hydrogen-bond acceptors (Lipinski definition) is 4. The number of nitrogens with zero attached hydrogens (tertiary/aromatic N) is 3. The molecule has 0 radical (unpaired) electrons. The SMILES string of the molecule is O=C(C1CC1)N1CCc2nc([C@H]3CCCCN3C(=O)c3cccc(F)c3)[nH]c(=O)c2C1. The number of H-pyrrole nitrogens is 1. The fourth-order valence-electron chi connectivity index (χ4n) is 4.62. The Morgan fingerprint density at radius 1 is 1.13 bits per heavy atom. The van der Waals surface area contributed by atoms with E-state index in [-0.39, 0.29) is 29.3 Å². The average Bonchev–Trinajstić information content (AvgIpc) is 3.63. The van der Waals surface area contributed by atoms with Crippen LogP contribution in [0.3, 0.4) is 0 Å². The molecule has 162 valence electrons. The van der Waals surface area contributed by atoms with Gasteiger partial charge in [0.25, 0.3) is 11.5 Å². The van der Waals surface area contributed by atoms with Crippen molar-refractivity contribution in [3.63, 3.8) is 0 Å². The lowest BCUT2D eigenvalue weighted by Crippen LogP contribution is -2.43. The van der Waals surface area contributed by atoms with Gasteiger partial charge in [-0.15, -0.1) is 0 Å². The maximum absolute atomic E-state index is 13.6. The number of hydrogen-bond donors (Lipinski definition) is 1. The Kier molecular flexibility index (Phi) is 5.08. The van der Waals surface area contributed by atoms with Crippen LogP contribution in [0.2, 0.25) is 0 Å². The van der Waals surface area contributed by atoms with E-state index in [0.29, 0.717) is 55.1 Å². The normalized spacial score (nSPS) is 21.0. The first-order valence-corrected chi connectivity index (χ1v) is 11.0. The smallest absolute Gasteiger partial charge is 0.256 e. The van der Waals surface area contributed by atoms with Gasteiger partial charge >= 0.3 is 0 Å². The third-order valence-corrected chi connectivity index (χ3v) is 6.48. The predicted molar refractivity (Wildman–Crippen MR) is 111 cm³/mol. The summed E-state index contributed by atoms with van der Waals surface area (Å²) in [5.74, 6) is 0.0248. The Hall–Kier alpha value is -3.03. The minimum absolute atomic E-state index is 0.123. The first-order valence-electron chi connectivity index (χ1n) is 11.0. The average molecular weight is 424 g/mol. The van der Waals surface area contributed by atoms with E-state index < -0.39 is 5.82 Å². The highest BCUT2D eigenvalue weighted by atomic mass is 19.1. The van der Waals surface area contributed by atoms with Gasteiger partial charge in [-0.25, -0.2) is 9.37 Å². The van der Waals surface area contributed by atoms with Gasteiger partial charge in [0.2, 0.25) is 5.91 Å². The second-order valence-corrected chi connectivity index (χ2v) is 8.68. The summed E-state index contributed by atoms with van der Waals surface area (Å²) >= 11 is 0. The zero-order valence-corrected chi connectivity index (χ0v) is 17.3. The zero-order chi connectivity index (χ0) is 21.5. The summed E-state index contributed by atoms with van der Waals surface area (Å²) in [6.07, 6.45) is 4.87. The number of fused-ring (bicyclic) bond motifs is 1. The van der Waals surface area contributed by atoms with Crippen LogP contribution in [-0.4, -0.2) is 44.7 Å². The van der Waals surface area contributed by atoms with E-state index in [1.54, 1.807) is 15.9 Å². The third kappa shape index (κ3) is 3.86. The van der Waals surface area contributed by atoms with Crippen LogP contribution in [0.15, 0.2) is 29.1 Å². The highest BCUT2D eigenvalue weighted by Gasteiger charge is 2.36. The van der Waals surface area contributed by atoms with Crippen LogP contribution in [0.4, 0.5) is 4.39 Å². The van der Waals surface area contributed by atoms with Gasteiger partial charge in [-0.2, -0.15) is 0 Å². The number of carbonyl (C=O) groups excluding carboxylic acids is 2. The van der Waals surface area contributed by atoms with Crippen molar-refractivity contribution in [3.8, 4) is 0 Å². The van der Waals surface area contributed by atoms with Crippen LogP contribution in [0.1, 0.15) is 65.6 Å². The Balaban J connectivity index is 1.42.